The van der Waals surface area contributed by atoms with Gasteiger partial charge in [0.25, 0.3) is 0 Å². The molecule has 2 aliphatic rings. The number of rotatable bonds is 1. The molecule has 0 bridgehead atoms. The zero-order valence-electron chi connectivity index (χ0n) is 15.3. The van der Waals surface area contributed by atoms with Gasteiger partial charge in [-0.15, -0.1) is 0 Å². The third-order valence-corrected chi connectivity index (χ3v) is 5.24. The first-order valence-corrected chi connectivity index (χ1v) is 9.13. The van der Waals surface area contributed by atoms with Crippen molar-refractivity contribution in [2.75, 3.05) is 9.80 Å². The van der Waals surface area contributed by atoms with Crippen LogP contribution >= 0.6 is 0 Å². The van der Waals surface area contributed by atoms with Gasteiger partial charge in [0.05, 0.1) is 11.9 Å². The van der Waals surface area contributed by atoms with Crippen LogP contribution in [0.4, 0.5) is 23.0 Å². The Kier molecular flexibility index (Phi) is 3.14. The summed E-state index contributed by atoms with van der Waals surface area (Å²) in [7, 11) is 0. The average molecular weight is 342 g/mol. The van der Waals surface area contributed by atoms with Gasteiger partial charge in [0.15, 0.2) is 11.6 Å². The van der Waals surface area contributed by atoms with Crippen LogP contribution in [-0.4, -0.2) is 16.1 Å². The van der Waals surface area contributed by atoms with Crippen LogP contribution in [0.1, 0.15) is 32.0 Å². The van der Waals surface area contributed by atoms with E-state index in [1.165, 1.54) is 11.3 Å². The van der Waals surface area contributed by atoms with E-state index < -0.39 is 0 Å². The van der Waals surface area contributed by atoms with E-state index in [-0.39, 0.29) is 11.6 Å². The van der Waals surface area contributed by atoms with Gasteiger partial charge >= 0.3 is 0 Å². The Balaban J connectivity index is 1.73. The van der Waals surface area contributed by atoms with Gasteiger partial charge in [-0.05, 0) is 23.8 Å². The fourth-order valence-electron chi connectivity index (χ4n) is 3.92. The topological polar surface area (TPSA) is 32.3 Å². The van der Waals surface area contributed by atoms with Gasteiger partial charge in [0.1, 0.15) is 6.17 Å². The number of benzene rings is 2. The summed E-state index contributed by atoms with van der Waals surface area (Å²) in [5.41, 5.74) is 4.77. The molecule has 0 saturated heterocycles. The number of anilines is 4. The Labute approximate surface area is 154 Å². The van der Waals surface area contributed by atoms with Crippen molar-refractivity contribution in [3.8, 4) is 0 Å². The first kappa shape index (κ1) is 15.4. The highest BCUT2D eigenvalue weighted by atomic mass is 15.5. The highest BCUT2D eigenvalue weighted by Crippen LogP contribution is 2.51. The summed E-state index contributed by atoms with van der Waals surface area (Å²) in [4.78, 5) is 14.6. The Morgan fingerprint density at radius 3 is 2.38 bits per heavy atom. The minimum atomic E-state index is -0.0308. The van der Waals surface area contributed by atoms with Gasteiger partial charge < -0.3 is 9.80 Å². The molecule has 0 N–H and O–H groups in total. The number of hydrogen-bond donors (Lipinski definition) is 0. The molecule has 2 aromatic carbocycles. The molecule has 1 aromatic heterocycles. The lowest BCUT2D eigenvalue weighted by molar-refractivity contribution is 0.566. The van der Waals surface area contributed by atoms with Gasteiger partial charge in [0, 0.05) is 23.2 Å². The summed E-state index contributed by atoms with van der Waals surface area (Å²) in [5.74, 6) is 1.92. The monoisotopic (exact) mass is 342 g/mol. The number of para-hydroxylation sites is 2. The van der Waals surface area contributed by atoms with Gasteiger partial charge in [-0.25, -0.2) is 9.97 Å². The molecule has 3 aromatic rings. The number of nitrogens with zero attached hydrogens (tertiary/aromatic N) is 4. The van der Waals surface area contributed by atoms with Crippen LogP contribution in [0.15, 0.2) is 60.8 Å². The number of hydrogen-bond acceptors (Lipinski definition) is 4. The summed E-state index contributed by atoms with van der Waals surface area (Å²) in [6.45, 7) is 6.55. The molecule has 1 atom stereocenters. The molecule has 0 aliphatic carbocycles. The van der Waals surface area contributed by atoms with Crippen molar-refractivity contribution in [2.45, 2.75) is 38.8 Å². The average Bonchev–Trinajstić information content (AvgIpc) is 3.15. The minimum Gasteiger partial charge on any atom is -0.302 e. The third-order valence-electron chi connectivity index (χ3n) is 5.24. The van der Waals surface area contributed by atoms with E-state index in [0.29, 0.717) is 0 Å². The molecule has 1 unspecified atom stereocenters. The first-order chi connectivity index (χ1) is 12.5. The quantitative estimate of drug-likeness (QED) is 0.626. The SMILES string of the molecule is CC(C)(C)c1cnc2c(n1)N1c3ccccc3CC1N2c1ccccc1. The van der Waals surface area contributed by atoms with Crippen molar-refractivity contribution in [3.05, 3.63) is 72.1 Å². The van der Waals surface area contributed by atoms with E-state index in [2.05, 4.69) is 85.2 Å². The maximum Gasteiger partial charge on any atom is 0.178 e. The van der Waals surface area contributed by atoms with Crippen molar-refractivity contribution in [3.63, 3.8) is 0 Å². The van der Waals surface area contributed by atoms with Crippen LogP contribution in [0.25, 0.3) is 0 Å². The second-order valence-electron chi connectivity index (χ2n) is 8.04. The summed E-state index contributed by atoms with van der Waals surface area (Å²) < 4.78 is 0. The zero-order chi connectivity index (χ0) is 17.9. The minimum absolute atomic E-state index is 0.0308. The number of aromatic nitrogens is 2. The molecule has 4 heteroatoms. The molecule has 0 fully saturated rings. The Bertz CT molecular complexity index is 975. The molecule has 0 radical (unpaired) electrons. The van der Waals surface area contributed by atoms with Crippen LogP contribution in [0, 0.1) is 0 Å². The normalized spacial score (nSPS) is 17.9. The largest absolute Gasteiger partial charge is 0.302 e. The van der Waals surface area contributed by atoms with Crippen molar-refractivity contribution in [2.24, 2.45) is 0 Å². The van der Waals surface area contributed by atoms with Crippen LogP contribution in [0.3, 0.4) is 0 Å². The molecular weight excluding hydrogens is 320 g/mol. The van der Waals surface area contributed by atoms with Crippen molar-refractivity contribution >= 4 is 23.0 Å². The molecule has 5 rings (SSSR count). The Hall–Kier alpha value is -2.88. The molecule has 2 aliphatic heterocycles. The van der Waals surface area contributed by atoms with E-state index in [0.717, 1.165) is 29.4 Å². The first-order valence-electron chi connectivity index (χ1n) is 9.13. The molecule has 130 valence electrons. The summed E-state index contributed by atoms with van der Waals surface area (Å²) >= 11 is 0. The van der Waals surface area contributed by atoms with Crippen molar-refractivity contribution in [1.82, 2.24) is 9.97 Å². The van der Waals surface area contributed by atoms with Gasteiger partial charge in [-0.1, -0.05) is 57.2 Å². The standard InChI is InChI=1S/C22H22N4/c1-22(2,3)18-14-23-20-21(24-18)26-17-12-8-7-9-15(17)13-19(26)25(20)16-10-5-4-6-11-16/h4-12,14,19H,13H2,1-3H3. The highest BCUT2D eigenvalue weighted by Gasteiger charge is 2.45. The summed E-state index contributed by atoms with van der Waals surface area (Å²) in [6.07, 6.45) is 3.09. The van der Waals surface area contributed by atoms with E-state index >= 15 is 0 Å². The molecular formula is C22H22N4. The summed E-state index contributed by atoms with van der Waals surface area (Å²) in [5, 5.41) is 0. The molecule has 3 heterocycles. The second kappa shape index (κ2) is 5.31. The lowest BCUT2D eigenvalue weighted by atomic mass is 9.93. The lowest BCUT2D eigenvalue weighted by Gasteiger charge is -2.26. The fraction of sp³-hybridized carbons (Fsp3) is 0.273. The van der Waals surface area contributed by atoms with Crippen LogP contribution < -0.4 is 9.80 Å². The van der Waals surface area contributed by atoms with E-state index in [1.807, 2.05) is 6.20 Å². The van der Waals surface area contributed by atoms with Crippen LogP contribution in [-0.2, 0) is 11.8 Å². The third kappa shape index (κ3) is 2.15. The van der Waals surface area contributed by atoms with Crippen molar-refractivity contribution < 1.29 is 0 Å². The van der Waals surface area contributed by atoms with Crippen LogP contribution in [0.5, 0.6) is 0 Å². The van der Waals surface area contributed by atoms with E-state index in [1.54, 1.807) is 0 Å². The van der Waals surface area contributed by atoms with Crippen LogP contribution in [0.2, 0.25) is 0 Å². The fourth-order valence-corrected chi connectivity index (χ4v) is 3.92. The molecule has 0 saturated carbocycles. The van der Waals surface area contributed by atoms with Gasteiger partial charge in [0.2, 0.25) is 0 Å². The van der Waals surface area contributed by atoms with Gasteiger partial charge in [-0.3, -0.25) is 0 Å². The smallest absolute Gasteiger partial charge is 0.178 e. The zero-order valence-corrected chi connectivity index (χ0v) is 15.3. The highest BCUT2D eigenvalue weighted by molar-refractivity contribution is 5.86. The summed E-state index contributed by atoms with van der Waals surface area (Å²) in [6, 6.07) is 19.1. The molecule has 4 nitrogen and oxygen atoms in total. The predicted octanol–water partition coefficient (Wildman–Crippen LogP) is 4.95. The maximum absolute atomic E-state index is 5.06. The second-order valence-corrected chi connectivity index (χ2v) is 8.04. The van der Waals surface area contributed by atoms with Crippen molar-refractivity contribution in [1.29, 1.82) is 0 Å². The van der Waals surface area contributed by atoms with Gasteiger partial charge in [-0.2, -0.15) is 0 Å². The molecule has 26 heavy (non-hydrogen) atoms. The predicted molar refractivity (Wildman–Crippen MR) is 105 cm³/mol. The van der Waals surface area contributed by atoms with E-state index in [4.69, 9.17) is 9.97 Å². The number of fused-ring (bicyclic) bond motifs is 5. The Morgan fingerprint density at radius 1 is 0.885 bits per heavy atom. The lowest BCUT2D eigenvalue weighted by Crippen LogP contribution is -2.36. The Morgan fingerprint density at radius 2 is 1.62 bits per heavy atom. The molecule has 0 amide bonds. The van der Waals surface area contributed by atoms with E-state index in [9.17, 15) is 0 Å². The maximum atomic E-state index is 5.06. The molecule has 0 spiro atoms.